The lowest BCUT2D eigenvalue weighted by Gasteiger charge is -2.49. The van der Waals surface area contributed by atoms with E-state index in [0.29, 0.717) is 12.8 Å². The van der Waals surface area contributed by atoms with Gasteiger partial charge in [0.1, 0.15) is 17.3 Å². The van der Waals surface area contributed by atoms with Crippen molar-refractivity contribution in [1.29, 1.82) is 0 Å². The first-order valence-electron chi connectivity index (χ1n) is 7.49. The molecule has 1 aliphatic carbocycles. The normalized spacial score (nSPS) is 53.3. The summed E-state index contributed by atoms with van der Waals surface area (Å²) in [6.45, 7) is 4.87. The van der Waals surface area contributed by atoms with Crippen LogP contribution in [-0.4, -0.2) is 45.1 Å². The second-order valence-corrected chi connectivity index (χ2v) is 7.07. The maximum atomic E-state index is 11.9. The average Bonchev–Trinajstić information content (AvgIpc) is 2.90. The van der Waals surface area contributed by atoms with Crippen molar-refractivity contribution in [3.05, 3.63) is 0 Å². The molecular weight excluding hydrogens is 276 g/mol. The van der Waals surface area contributed by atoms with Gasteiger partial charge in [0.25, 0.3) is 0 Å². The molecule has 6 nitrogen and oxygen atoms in total. The molecule has 2 N–H and O–H groups in total. The van der Waals surface area contributed by atoms with E-state index in [1.165, 1.54) is 6.92 Å². The molecule has 2 saturated heterocycles. The number of carbonyl (C=O) groups is 2. The fourth-order valence-electron chi connectivity index (χ4n) is 4.42. The van der Waals surface area contributed by atoms with Crippen molar-refractivity contribution in [1.82, 2.24) is 0 Å². The Labute approximate surface area is 123 Å². The van der Waals surface area contributed by atoms with Gasteiger partial charge in [0.05, 0.1) is 5.92 Å². The summed E-state index contributed by atoms with van der Waals surface area (Å²) in [5.74, 6) is -1.29. The molecule has 1 saturated carbocycles. The molecule has 3 aliphatic rings. The first-order chi connectivity index (χ1) is 9.62. The number of carbonyl (C=O) groups excluding carboxylic acids is 2. The van der Waals surface area contributed by atoms with E-state index >= 15 is 0 Å². The van der Waals surface area contributed by atoms with E-state index in [0.717, 1.165) is 0 Å². The Balaban J connectivity index is 2.10. The maximum Gasteiger partial charge on any atom is 0.309 e. The molecule has 118 valence electrons. The molecular formula is C15H22O6. The minimum atomic E-state index is -1.62. The summed E-state index contributed by atoms with van der Waals surface area (Å²) in [5, 5.41) is 22.0. The highest BCUT2D eigenvalue weighted by atomic mass is 16.6. The number of hydrogen-bond acceptors (Lipinski definition) is 6. The van der Waals surface area contributed by atoms with Gasteiger partial charge in [-0.1, -0.05) is 6.92 Å². The Morgan fingerprint density at radius 2 is 1.86 bits per heavy atom. The third-order valence-electron chi connectivity index (χ3n) is 5.82. The van der Waals surface area contributed by atoms with E-state index in [9.17, 15) is 19.8 Å². The van der Waals surface area contributed by atoms with Gasteiger partial charge in [-0.15, -0.1) is 0 Å². The van der Waals surface area contributed by atoms with Gasteiger partial charge in [-0.25, -0.2) is 0 Å². The summed E-state index contributed by atoms with van der Waals surface area (Å²) in [4.78, 5) is 23.5. The smallest absolute Gasteiger partial charge is 0.309 e. The van der Waals surface area contributed by atoms with Crippen LogP contribution in [0.1, 0.15) is 46.5 Å². The summed E-state index contributed by atoms with van der Waals surface area (Å²) in [6, 6.07) is 0. The minimum Gasteiger partial charge on any atom is -0.459 e. The second kappa shape index (κ2) is 4.20. The van der Waals surface area contributed by atoms with Crippen LogP contribution < -0.4 is 0 Å². The first kappa shape index (κ1) is 14.8. The number of esters is 2. The summed E-state index contributed by atoms with van der Waals surface area (Å²) < 4.78 is 10.8. The summed E-state index contributed by atoms with van der Waals surface area (Å²) in [5.41, 5.74) is -4.41. The van der Waals surface area contributed by atoms with Crippen LogP contribution in [0.15, 0.2) is 0 Å². The highest BCUT2D eigenvalue weighted by molar-refractivity contribution is 5.76. The molecule has 0 bridgehead atoms. The zero-order valence-corrected chi connectivity index (χ0v) is 12.6. The van der Waals surface area contributed by atoms with Crippen LogP contribution in [-0.2, 0) is 19.1 Å². The van der Waals surface area contributed by atoms with E-state index in [-0.39, 0.29) is 30.6 Å². The van der Waals surface area contributed by atoms with Crippen molar-refractivity contribution < 1.29 is 29.3 Å². The van der Waals surface area contributed by atoms with Gasteiger partial charge in [-0.05, 0) is 26.7 Å². The van der Waals surface area contributed by atoms with Gasteiger partial charge >= 0.3 is 11.9 Å². The number of rotatable bonds is 0. The zero-order chi connectivity index (χ0) is 15.6. The van der Waals surface area contributed by atoms with E-state index in [4.69, 9.17) is 9.47 Å². The monoisotopic (exact) mass is 298 g/mol. The van der Waals surface area contributed by atoms with Crippen molar-refractivity contribution in [2.75, 3.05) is 0 Å². The Morgan fingerprint density at radius 1 is 1.19 bits per heavy atom. The zero-order valence-electron chi connectivity index (χ0n) is 12.6. The Hall–Kier alpha value is -1.14. The van der Waals surface area contributed by atoms with Crippen LogP contribution in [0.3, 0.4) is 0 Å². The molecule has 1 unspecified atom stereocenters. The third-order valence-corrected chi connectivity index (χ3v) is 5.82. The number of hydrogen-bond donors (Lipinski definition) is 2. The molecule has 1 spiro atoms. The van der Waals surface area contributed by atoms with Crippen molar-refractivity contribution in [3.8, 4) is 0 Å². The fourth-order valence-corrected chi connectivity index (χ4v) is 4.42. The van der Waals surface area contributed by atoms with E-state index < -0.39 is 28.9 Å². The number of aliphatic hydroxyl groups is 2. The lowest BCUT2D eigenvalue weighted by Crippen LogP contribution is -2.68. The maximum absolute atomic E-state index is 11.9. The summed E-state index contributed by atoms with van der Waals surface area (Å²) in [7, 11) is 0. The van der Waals surface area contributed by atoms with Crippen molar-refractivity contribution in [2.45, 2.75) is 69.4 Å². The molecule has 0 aromatic heterocycles. The number of ether oxygens (including phenoxy) is 2. The Kier molecular flexibility index (Phi) is 2.95. The predicted molar refractivity (Wildman–Crippen MR) is 71.1 cm³/mol. The molecule has 3 rings (SSSR count). The van der Waals surface area contributed by atoms with Crippen LogP contribution >= 0.6 is 0 Å². The van der Waals surface area contributed by atoms with Crippen LogP contribution in [0, 0.1) is 11.8 Å². The van der Waals surface area contributed by atoms with Gasteiger partial charge in [0.15, 0.2) is 5.60 Å². The highest BCUT2D eigenvalue weighted by Gasteiger charge is 2.71. The van der Waals surface area contributed by atoms with Crippen molar-refractivity contribution in [3.63, 3.8) is 0 Å². The van der Waals surface area contributed by atoms with Crippen LogP contribution in [0.4, 0.5) is 0 Å². The fraction of sp³-hybridized carbons (Fsp3) is 0.867. The molecule has 2 heterocycles. The first-order valence-corrected chi connectivity index (χ1v) is 7.49. The number of fused-ring (bicyclic) bond motifs is 1. The second-order valence-electron chi connectivity index (χ2n) is 7.07. The standard InChI is InChI=1S/C15H22O6/c1-8-9-4-6-13(2,18)15(7-5-10(16)21-15)14(3,19)11(9)20-12(8)17/h8-9,11,18-19H,4-7H2,1-3H3/t8-,9-,11+,13+,14+,15?/m0/s1. The van der Waals surface area contributed by atoms with E-state index in [2.05, 4.69) is 0 Å². The molecule has 0 radical (unpaired) electrons. The largest absolute Gasteiger partial charge is 0.459 e. The summed E-state index contributed by atoms with van der Waals surface area (Å²) in [6.07, 6.45) is 0.493. The van der Waals surface area contributed by atoms with Gasteiger partial charge in [0, 0.05) is 18.8 Å². The Bertz CT molecular complexity index is 496. The molecule has 6 heteroatoms. The Morgan fingerprint density at radius 3 is 2.43 bits per heavy atom. The molecule has 3 fully saturated rings. The topological polar surface area (TPSA) is 93.1 Å². The summed E-state index contributed by atoms with van der Waals surface area (Å²) >= 11 is 0. The SMILES string of the molecule is C[C@@H]1C(=O)O[C@@H]2[C@H]1CC[C@@](C)(O)C1(CCC(=O)O1)[C@]2(C)O. The quantitative estimate of drug-likeness (QED) is 0.634. The van der Waals surface area contributed by atoms with Crippen LogP contribution in [0.25, 0.3) is 0 Å². The third kappa shape index (κ3) is 1.72. The van der Waals surface area contributed by atoms with Gasteiger partial charge in [-0.2, -0.15) is 0 Å². The molecule has 0 amide bonds. The predicted octanol–water partition coefficient (Wildman–Crippen LogP) is 0.536. The molecule has 6 atom stereocenters. The van der Waals surface area contributed by atoms with E-state index in [1.807, 2.05) is 0 Å². The van der Waals surface area contributed by atoms with Crippen LogP contribution in [0.5, 0.6) is 0 Å². The average molecular weight is 298 g/mol. The van der Waals surface area contributed by atoms with Crippen LogP contribution in [0.2, 0.25) is 0 Å². The minimum absolute atomic E-state index is 0.146. The van der Waals surface area contributed by atoms with Crippen molar-refractivity contribution >= 4 is 11.9 Å². The lowest BCUT2D eigenvalue weighted by atomic mass is 9.68. The van der Waals surface area contributed by atoms with Gasteiger partial charge in [0.2, 0.25) is 0 Å². The van der Waals surface area contributed by atoms with Crippen molar-refractivity contribution in [2.24, 2.45) is 11.8 Å². The lowest BCUT2D eigenvalue weighted by molar-refractivity contribution is -0.256. The molecule has 0 aromatic rings. The van der Waals surface area contributed by atoms with Gasteiger partial charge < -0.3 is 19.7 Å². The van der Waals surface area contributed by atoms with Gasteiger partial charge in [-0.3, -0.25) is 9.59 Å². The molecule has 0 aromatic carbocycles. The van der Waals surface area contributed by atoms with E-state index in [1.54, 1.807) is 13.8 Å². The molecule has 21 heavy (non-hydrogen) atoms. The molecule has 2 aliphatic heterocycles. The highest BCUT2D eigenvalue weighted by Crippen LogP contribution is 2.55.